The standard InChI is InChI=1S/C10H13Cl2FN2O11P2.3Na/c11-10(12,27(20,21)22)28(23,24)25-2-4-5(16)6(17)8(26-4)15-1-3(13)7(18)14-9(15)19;;;/h1,4-6,8,16-17H,2H2,(H,23,24)(H,14,18,19)(H2,20,21,22);;;/q;3*+1/p-3/t4-,5-,6-,8-;;;/m1.../s1. The first-order chi connectivity index (χ1) is 12.6. The molecule has 0 aliphatic carbocycles. The number of nitrogens with one attached hydrogen (secondary N) is 1. The van der Waals surface area contributed by atoms with E-state index >= 15 is 0 Å². The number of aromatic nitrogens is 2. The van der Waals surface area contributed by atoms with Crippen molar-refractivity contribution < 1.29 is 136 Å². The van der Waals surface area contributed by atoms with Gasteiger partial charge in [-0.3, -0.25) is 14.3 Å². The molecule has 21 heteroatoms. The van der Waals surface area contributed by atoms with E-state index in [9.17, 15) is 48.0 Å². The van der Waals surface area contributed by atoms with E-state index in [4.69, 9.17) is 27.9 Å². The Morgan fingerprint density at radius 2 is 1.71 bits per heavy atom. The molecule has 5 atom stereocenters. The number of aliphatic hydroxyl groups is 2. The van der Waals surface area contributed by atoms with E-state index in [1.165, 1.54) is 0 Å². The van der Waals surface area contributed by atoms with Crippen molar-refractivity contribution in [2.24, 2.45) is 0 Å². The zero-order valence-electron chi connectivity index (χ0n) is 16.1. The Morgan fingerprint density at radius 3 is 2.19 bits per heavy atom. The summed E-state index contributed by atoms with van der Waals surface area (Å²) in [5.74, 6) is -1.43. The molecule has 1 aromatic rings. The molecule has 0 saturated carbocycles. The van der Waals surface area contributed by atoms with Gasteiger partial charge in [0, 0.05) is 0 Å². The van der Waals surface area contributed by atoms with E-state index < -0.39 is 67.2 Å². The smallest absolute Gasteiger partial charge is 0.808 e. The molecule has 0 radical (unpaired) electrons. The first-order valence-corrected chi connectivity index (χ1v) is 10.8. The van der Waals surface area contributed by atoms with Crippen molar-refractivity contribution in [3.05, 3.63) is 32.9 Å². The van der Waals surface area contributed by atoms with Crippen LogP contribution in [0, 0.1) is 5.82 Å². The largest absolute Gasteiger partial charge is 1.00 e. The third-order valence-electron chi connectivity index (χ3n) is 3.60. The van der Waals surface area contributed by atoms with Gasteiger partial charge in [0.25, 0.3) is 5.56 Å². The van der Waals surface area contributed by atoms with Crippen molar-refractivity contribution in [1.82, 2.24) is 9.55 Å². The molecule has 0 aromatic carbocycles. The molecule has 31 heavy (non-hydrogen) atoms. The number of aromatic amines is 1. The SMILES string of the molecule is O=c1[nH]c(=O)n([C@@H]2O[C@H](COP(=O)([O-])C(Cl)(Cl)P(=O)([O-])[O-])[C@@H](O)[C@H]2O)cc1F.[Na+].[Na+].[Na+]. The molecular formula is C10H10Cl2FN2Na3O11P2. The van der Waals surface area contributed by atoms with Crippen molar-refractivity contribution in [3.8, 4) is 0 Å². The van der Waals surface area contributed by atoms with Crippen LogP contribution in [0.15, 0.2) is 15.8 Å². The summed E-state index contributed by atoms with van der Waals surface area (Å²) in [5, 5.41) is 19.8. The molecule has 1 saturated heterocycles. The fourth-order valence-electron chi connectivity index (χ4n) is 2.15. The van der Waals surface area contributed by atoms with Crippen LogP contribution in [0.4, 0.5) is 4.39 Å². The Hall–Kier alpha value is 2.37. The Bertz CT molecular complexity index is 976. The van der Waals surface area contributed by atoms with E-state index in [1.807, 2.05) is 0 Å². The minimum atomic E-state index is -6.10. The number of nitrogens with zero attached hydrogens (tertiary/aromatic N) is 1. The molecule has 0 spiro atoms. The van der Waals surface area contributed by atoms with E-state index in [-0.39, 0.29) is 88.7 Å². The van der Waals surface area contributed by atoms with E-state index in [1.54, 1.807) is 4.98 Å². The van der Waals surface area contributed by atoms with Gasteiger partial charge in [0.2, 0.25) is 9.63 Å². The van der Waals surface area contributed by atoms with Crippen molar-refractivity contribution in [2.45, 2.75) is 28.4 Å². The zero-order valence-corrected chi connectivity index (χ0v) is 25.4. The Morgan fingerprint density at radius 1 is 1.19 bits per heavy atom. The van der Waals surface area contributed by atoms with Crippen molar-refractivity contribution in [3.63, 3.8) is 0 Å². The van der Waals surface area contributed by atoms with Gasteiger partial charge in [0.1, 0.15) is 18.3 Å². The van der Waals surface area contributed by atoms with Crippen LogP contribution in [0.5, 0.6) is 0 Å². The number of ether oxygens (including phenoxy) is 1. The molecule has 3 N–H and O–H groups in total. The van der Waals surface area contributed by atoms with Gasteiger partial charge < -0.3 is 43.3 Å². The van der Waals surface area contributed by atoms with Crippen molar-refractivity contribution in [1.29, 1.82) is 0 Å². The van der Waals surface area contributed by atoms with Gasteiger partial charge in [0.15, 0.2) is 13.8 Å². The number of hydrogen-bond donors (Lipinski definition) is 3. The van der Waals surface area contributed by atoms with Crippen LogP contribution in [0.25, 0.3) is 0 Å². The van der Waals surface area contributed by atoms with Crippen molar-refractivity contribution >= 4 is 38.4 Å². The topological polar surface area (TPSA) is 217 Å². The summed E-state index contributed by atoms with van der Waals surface area (Å²) < 4.78 is 41.8. The number of halogens is 3. The van der Waals surface area contributed by atoms with Crippen LogP contribution in [0.3, 0.4) is 0 Å². The summed E-state index contributed by atoms with van der Waals surface area (Å²) in [5.41, 5.74) is -2.58. The van der Waals surface area contributed by atoms with Gasteiger partial charge in [-0.25, -0.2) is 4.79 Å². The summed E-state index contributed by atoms with van der Waals surface area (Å²) in [7, 11) is -11.9. The van der Waals surface area contributed by atoms with Crippen LogP contribution < -0.4 is 115 Å². The molecular weight excluding hydrogens is 545 g/mol. The van der Waals surface area contributed by atoms with Crippen LogP contribution in [-0.4, -0.2) is 48.5 Å². The van der Waals surface area contributed by atoms with Crippen molar-refractivity contribution in [2.75, 3.05) is 6.61 Å². The van der Waals surface area contributed by atoms with E-state index in [0.717, 1.165) is 0 Å². The molecule has 0 amide bonds. The maximum absolute atomic E-state index is 13.4. The monoisotopic (exact) mass is 554 g/mol. The van der Waals surface area contributed by atoms with Crippen LogP contribution >= 0.6 is 38.4 Å². The second-order valence-corrected chi connectivity index (χ2v) is 11.8. The van der Waals surface area contributed by atoms with Gasteiger partial charge in [-0.15, -0.1) is 0 Å². The predicted molar refractivity (Wildman–Crippen MR) is 82.8 cm³/mol. The second kappa shape index (κ2) is 13.1. The normalized spacial score (nSPS) is 25.5. The average Bonchev–Trinajstić information content (AvgIpc) is 2.83. The molecule has 1 fully saturated rings. The number of alkyl halides is 2. The maximum Gasteiger partial charge on any atom is 1.00 e. The molecule has 13 nitrogen and oxygen atoms in total. The molecule has 1 aliphatic rings. The van der Waals surface area contributed by atoms with Gasteiger partial charge in [-0.05, 0) is 7.60 Å². The number of hydrogen-bond acceptors (Lipinski definition) is 11. The Balaban J connectivity index is 0. The number of aliphatic hydroxyl groups excluding tert-OH is 2. The average molecular weight is 555 g/mol. The Labute approximate surface area is 249 Å². The van der Waals surface area contributed by atoms with E-state index in [0.29, 0.717) is 10.8 Å². The summed E-state index contributed by atoms with van der Waals surface area (Å²) >= 11 is 10.1. The molecule has 1 unspecified atom stereocenters. The fraction of sp³-hybridized carbons (Fsp3) is 0.600. The predicted octanol–water partition coefficient (Wildman–Crippen LogP) is -12.1. The third-order valence-corrected chi connectivity index (χ3v) is 9.36. The zero-order chi connectivity index (χ0) is 21.7. The molecule has 2 rings (SSSR count). The Kier molecular flexibility index (Phi) is 15.0. The van der Waals surface area contributed by atoms with Crippen LogP contribution in [0.1, 0.15) is 6.23 Å². The third kappa shape index (κ3) is 7.68. The van der Waals surface area contributed by atoms with Crippen LogP contribution in [0.2, 0.25) is 0 Å². The maximum atomic E-state index is 13.4. The summed E-state index contributed by atoms with van der Waals surface area (Å²) in [4.78, 5) is 57.8. The quantitative estimate of drug-likeness (QED) is 0.170. The molecule has 160 valence electrons. The summed E-state index contributed by atoms with van der Waals surface area (Å²) in [6.07, 6.45) is -6.97. The first-order valence-electron chi connectivity index (χ1n) is 6.98. The minimum absolute atomic E-state index is 0. The summed E-state index contributed by atoms with van der Waals surface area (Å²) in [6.45, 7) is -1.18. The minimum Gasteiger partial charge on any atom is -0.808 e. The number of rotatable bonds is 6. The molecule has 0 bridgehead atoms. The second-order valence-electron chi connectivity index (χ2n) is 5.49. The van der Waals surface area contributed by atoms with Gasteiger partial charge >= 0.3 is 94.4 Å². The van der Waals surface area contributed by atoms with Gasteiger partial charge in [-0.1, -0.05) is 23.2 Å². The van der Waals surface area contributed by atoms with Gasteiger partial charge in [-0.2, -0.15) is 4.39 Å². The molecule has 1 aromatic heterocycles. The van der Waals surface area contributed by atoms with E-state index in [2.05, 4.69) is 4.52 Å². The number of H-pyrrole nitrogens is 1. The fourth-order valence-corrected chi connectivity index (χ4v) is 4.31. The molecule has 2 heterocycles. The molecule has 1 aliphatic heterocycles. The first kappa shape index (κ1) is 35.5. The van der Waals surface area contributed by atoms with Crippen LogP contribution in [-0.2, 0) is 18.4 Å². The van der Waals surface area contributed by atoms with Gasteiger partial charge in [0.05, 0.1) is 12.8 Å². The summed E-state index contributed by atoms with van der Waals surface area (Å²) in [6, 6.07) is 0.